The minimum Gasteiger partial charge on any atom is -0.492 e. The number of aromatic nitrogens is 4. The number of hydrogen-bond donors (Lipinski definition) is 0. The van der Waals surface area contributed by atoms with E-state index in [2.05, 4.69) is 31.0 Å². The Morgan fingerprint density at radius 1 is 1.23 bits per heavy atom. The quantitative estimate of drug-likeness (QED) is 0.699. The summed E-state index contributed by atoms with van der Waals surface area (Å²) in [5.74, 6) is 1.70. The van der Waals surface area contributed by atoms with Crippen molar-refractivity contribution < 1.29 is 4.74 Å². The summed E-state index contributed by atoms with van der Waals surface area (Å²) in [5.41, 5.74) is 0.799. The van der Waals surface area contributed by atoms with E-state index in [-0.39, 0.29) is 0 Å². The molecular weight excluding hydrogens is 346 g/mol. The van der Waals surface area contributed by atoms with Crippen molar-refractivity contribution >= 4 is 32.8 Å². The number of fused-ring (bicyclic) bond motifs is 1. The van der Waals surface area contributed by atoms with E-state index in [4.69, 9.17) is 4.74 Å². The number of benzene rings is 1. The van der Waals surface area contributed by atoms with Crippen LogP contribution in [0.5, 0.6) is 5.75 Å². The molecule has 22 heavy (non-hydrogen) atoms. The summed E-state index contributed by atoms with van der Waals surface area (Å²) < 4.78 is 8.21. The molecule has 114 valence electrons. The maximum absolute atomic E-state index is 5.73. The summed E-state index contributed by atoms with van der Waals surface area (Å²) in [4.78, 5) is 10.7. The third kappa shape index (κ3) is 2.89. The third-order valence-electron chi connectivity index (χ3n) is 3.36. The van der Waals surface area contributed by atoms with Crippen molar-refractivity contribution in [3.8, 4) is 5.75 Å². The Morgan fingerprint density at radius 3 is 2.77 bits per heavy atom. The summed E-state index contributed by atoms with van der Waals surface area (Å²) in [6, 6.07) is 9.78. The van der Waals surface area contributed by atoms with Gasteiger partial charge >= 0.3 is 0 Å². The second-order valence-electron chi connectivity index (χ2n) is 4.89. The van der Waals surface area contributed by atoms with Crippen LogP contribution < -0.4 is 9.64 Å². The molecule has 0 spiro atoms. The first-order valence-electron chi connectivity index (χ1n) is 6.89. The molecule has 2 heterocycles. The van der Waals surface area contributed by atoms with Crippen molar-refractivity contribution in [2.24, 2.45) is 7.05 Å². The fourth-order valence-electron chi connectivity index (χ4n) is 2.24. The van der Waals surface area contributed by atoms with Crippen molar-refractivity contribution in [3.63, 3.8) is 0 Å². The summed E-state index contributed by atoms with van der Waals surface area (Å²) in [5, 5.41) is 5.24. The van der Waals surface area contributed by atoms with Gasteiger partial charge in [0.15, 0.2) is 5.65 Å². The molecule has 0 aliphatic heterocycles. The number of para-hydroxylation sites is 1. The lowest BCUT2D eigenvalue weighted by atomic mass is 10.3. The molecule has 3 aromatic rings. The number of rotatable bonds is 5. The zero-order valence-electron chi connectivity index (χ0n) is 12.4. The molecule has 0 N–H and O–H groups in total. The maximum atomic E-state index is 5.73. The first-order chi connectivity index (χ1) is 10.7. The van der Waals surface area contributed by atoms with Gasteiger partial charge in [-0.05, 0) is 28.1 Å². The molecule has 0 aliphatic carbocycles. The molecule has 0 aliphatic rings. The van der Waals surface area contributed by atoms with Crippen LogP contribution in [0.2, 0.25) is 0 Å². The molecular formula is C15H16BrN5O. The highest BCUT2D eigenvalue weighted by molar-refractivity contribution is 9.10. The van der Waals surface area contributed by atoms with Gasteiger partial charge in [-0.3, -0.25) is 0 Å². The Balaban J connectivity index is 1.74. The van der Waals surface area contributed by atoms with Crippen molar-refractivity contribution in [1.29, 1.82) is 0 Å². The molecule has 0 unspecified atom stereocenters. The second kappa shape index (κ2) is 6.31. The zero-order valence-corrected chi connectivity index (χ0v) is 14.0. The number of halogens is 1. The number of likely N-dealkylation sites (N-methyl/N-ethyl adjacent to an activating group) is 1. The van der Waals surface area contributed by atoms with Crippen LogP contribution in [0.4, 0.5) is 5.82 Å². The van der Waals surface area contributed by atoms with Crippen LogP contribution in [0.1, 0.15) is 0 Å². The van der Waals surface area contributed by atoms with E-state index < -0.39 is 0 Å². The normalized spacial score (nSPS) is 10.9. The van der Waals surface area contributed by atoms with Crippen LogP contribution in [-0.2, 0) is 7.05 Å². The minimum atomic E-state index is 0.573. The third-order valence-corrected chi connectivity index (χ3v) is 3.91. The molecule has 0 amide bonds. The van der Waals surface area contributed by atoms with Crippen LogP contribution in [-0.4, -0.2) is 39.9 Å². The van der Waals surface area contributed by atoms with Gasteiger partial charge in [0.2, 0.25) is 0 Å². The van der Waals surface area contributed by atoms with Crippen LogP contribution in [0.25, 0.3) is 11.0 Å². The van der Waals surface area contributed by atoms with Crippen molar-refractivity contribution in [3.05, 3.63) is 41.3 Å². The fraction of sp³-hybridized carbons (Fsp3) is 0.267. The molecule has 3 rings (SSSR count). The van der Waals surface area contributed by atoms with Gasteiger partial charge in [-0.25, -0.2) is 14.6 Å². The number of hydrogen-bond acceptors (Lipinski definition) is 5. The number of nitrogens with zero attached hydrogens (tertiary/aromatic N) is 5. The molecule has 7 heteroatoms. The number of aryl methyl sites for hydroxylation is 1. The zero-order chi connectivity index (χ0) is 15.5. The van der Waals surface area contributed by atoms with Gasteiger partial charge in [0, 0.05) is 14.1 Å². The fourth-order valence-corrected chi connectivity index (χ4v) is 2.83. The summed E-state index contributed by atoms with van der Waals surface area (Å²) in [6.45, 7) is 1.28. The van der Waals surface area contributed by atoms with Gasteiger partial charge in [-0.15, -0.1) is 0 Å². The van der Waals surface area contributed by atoms with Crippen molar-refractivity contribution in [2.75, 3.05) is 25.1 Å². The number of ether oxygens (including phenoxy) is 1. The standard InChI is InChI=1S/C15H16BrN5O/c1-20(8-9-22-11-6-4-3-5-7-11)14-12-13(16)19-21(2)15(12)18-10-17-14/h3-7,10H,8-9H2,1-2H3. The minimum absolute atomic E-state index is 0.573. The molecule has 1 aromatic carbocycles. The topological polar surface area (TPSA) is 56.1 Å². The summed E-state index contributed by atoms with van der Waals surface area (Å²) in [7, 11) is 3.85. The highest BCUT2D eigenvalue weighted by Crippen LogP contribution is 2.28. The van der Waals surface area contributed by atoms with E-state index in [1.807, 2.05) is 49.3 Å². The average Bonchev–Trinajstić information content (AvgIpc) is 2.83. The van der Waals surface area contributed by atoms with E-state index in [0.717, 1.165) is 27.2 Å². The van der Waals surface area contributed by atoms with Gasteiger partial charge in [0.1, 0.15) is 29.1 Å². The molecule has 6 nitrogen and oxygen atoms in total. The monoisotopic (exact) mass is 361 g/mol. The largest absolute Gasteiger partial charge is 0.492 e. The molecule has 2 aromatic heterocycles. The molecule has 0 atom stereocenters. The van der Waals surface area contributed by atoms with Gasteiger partial charge in [0.25, 0.3) is 0 Å². The Morgan fingerprint density at radius 2 is 2.00 bits per heavy atom. The lowest BCUT2D eigenvalue weighted by Crippen LogP contribution is -2.25. The predicted molar refractivity (Wildman–Crippen MR) is 89.2 cm³/mol. The van der Waals surface area contributed by atoms with Gasteiger partial charge < -0.3 is 9.64 Å². The van der Waals surface area contributed by atoms with E-state index in [1.165, 1.54) is 0 Å². The van der Waals surface area contributed by atoms with Crippen LogP contribution in [0, 0.1) is 0 Å². The Bertz CT molecular complexity index is 774. The predicted octanol–water partition coefficient (Wildman–Crippen LogP) is 2.64. The molecule has 0 fully saturated rings. The van der Waals surface area contributed by atoms with E-state index in [0.29, 0.717) is 13.2 Å². The Labute approximate surface area is 136 Å². The van der Waals surface area contributed by atoms with Crippen molar-refractivity contribution in [1.82, 2.24) is 19.7 Å². The lowest BCUT2D eigenvalue weighted by Gasteiger charge is -2.19. The molecule has 0 bridgehead atoms. The van der Waals surface area contributed by atoms with Gasteiger partial charge in [0.05, 0.1) is 11.9 Å². The van der Waals surface area contributed by atoms with E-state index >= 15 is 0 Å². The lowest BCUT2D eigenvalue weighted by molar-refractivity contribution is 0.326. The van der Waals surface area contributed by atoms with Crippen molar-refractivity contribution in [2.45, 2.75) is 0 Å². The smallest absolute Gasteiger partial charge is 0.164 e. The molecule has 0 saturated carbocycles. The van der Waals surface area contributed by atoms with E-state index in [9.17, 15) is 0 Å². The summed E-state index contributed by atoms with van der Waals surface area (Å²) in [6.07, 6.45) is 1.56. The maximum Gasteiger partial charge on any atom is 0.164 e. The second-order valence-corrected chi connectivity index (χ2v) is 5.64. The highest BCUT2D eigenvalue weighted by atomic mass is 79.9. The molecule has 0 radical (unpaired) electrons. The first-order valence-corrected chi connectivity index (χ1v) is 7.68. The van der Waals surface area contributed by atoms with Gasteiger partial charge in [-0.2, -0.15) is 5.10 Å². The van der Waals surface area contributed by atoms with Crippen LogP contribution in [0.3, 0.4) is 0 Å². The Hall–Kier alpha value is -2.15. The van der Waals surface area contributed by atoms with E-state index in [1.54, 1.807) is 11.0 Å². The average molecular weight is 362 g/mol. The van der Waals surface area contributed by atoms with Gasteiger partial charge in [-0.1, -0.05) is 18.2 Å². The Kier molecular flexibility index (Phi) is 4.24. The SMILES string of the molecule is CN(CCOc1ccccc1)c1ncnc2c1c(Br)nn2C. The number of anilines is 1. The highest BCUT2D eigenvalue weighted by Gasteiger charge is 2.16. The molecule has 0 saturated heterocycles. The summed E-state index contributed by atoms with van der Waals surface area (Å²) >= 11 is 3.47. The van der Waals surface area contributed by atoms with Crippen LogP contribution >= 0.6 is 15.9 Å². The van der Waals surface area contributed by atoms with Crippen LogP contribution in [0.15, 0.2) is 41.3 Å². The first kappa shape index (κ1) is 14.8.